The molecule has 19 nitrogen and oxygen atoms in total. The fourth-order valence-corrected chi connectivity index (χ4v) is 7.89. The third kappa shape index (κ3) is 27.0. The minimum atomic E-state index is -1.01. The molecule has 2 aromatic carbocycles. The number of unbranched alkanes of at least 4 members (excludes halogenated alkanes) is 1. The summed E-state index contributed by atoms with van der Waals surface area (Å²) in [4.78, 5) is 73.4. The Bertz CT molecular complexity index is 2090. The van der Waals surface area contributed by atoms with Crippen molar-refractivity contribution in [2.24, 2.45) is 22.7 Å². The van der Waals surface area contributed by atoms with Gasteiger partial charge in [-0.15, -0.1) is 0 Å². The smallest absolute Gasteiger partial charge is 0.407 e. The predicted octanol–water partition coefficient (Wildman–Crippen LogP) is 7.39. The number of Topliss-reactive ketones (excluding diaryl/α,β-unsaturated/α-hetero) is 1. The van der Waals surface area contributed by atoms with E-state index in [4.69, 9.17) is 42.6 Å². The van der Waals surface area contributed by atoms with E-state index in [9.17, 15) is 24.0 Å². The maximum absolute atomic E-state index is 14.8. The van der Waals surface area contributed by atoms with E-state index in [0.717, 1.165) is 28.8 Å². The van der Waals surface area contributed by atoms with Gasteiger partial charge in [0.2, 0.25) is 5.91 Å². The number of carbonyl (C=O) groups excluding carboxylic acids is 5. The first-order chi connectivity index (χ1) is 36.4. The summed E-state index contributed by atoms with van der Waals surface area (Å²) in [5, 5.41) is 7.33. The normalized spacial score (nSPS) is 13.3. The monoisotopic (exact) mass is 1070 g/mol. The summed E-state index contributed by atoms with van der Waals surface area (Å²) in [5.74, 6) is -2.76. The number of nitrogens with zero attached hydrogens (tertiary/aromatic N) is 2. The summed E-state index contributed by atoms with van der Waals surface area (Å²) < 4.78 is 49.2. The molecular formula is C57H87N5O14. The number of methoxy groups -OCH3 is 2. The van der Waals surface area contributed by atoms with E-state index in [0.29, 0.717) is 78.8 Å². The van der Waals surface area contributed by atoms with E-state index >= 15 is 0 Å². The number of esters is 1. The summed E-state index contributed by atoms with van der Waals surface area (Å²) in [6.07, 6.45) is 0.789. The van der Waals surface area contributed by atoms with Crippen molar-refractivity contribution in [3.63, 3.8) is 0 Å². The van der Waals surface area contributed by atoms with Crippen molar-refractivity contribution in [1.29, 1.82) is 0 Å². The number of amides is 3. The van der Waals surface area contributed by atoms with Crippen molar-refractivity contribution in [1.82, 2.24) is 26.1 Å². The van der Waals surface area contributed by atoms with Gasteiger partial charge in [-0.05, 0) is 46.9 Å². The van der Waals surface area contributed by atoms with Crippen LogP contribution in [0.1, 0.15) is 85.3 Å². The van der Waals surface area contributed by atoms with Gasteiger partial charge < -0.3 is 53.3 Å². The van der Waals surface area contributed by atoms with Crippen LogP contribution in [0.15, 0.2) is 79.0 Å². The van der Waals surface area contributed by atoms with Crippen LogP contribution in [0.2, 0.25) is 0 Å². The summed E-state index contributed by atoms with van der Waals surface area (Å²) >= 11 is 0. The maximum Gasteiger partial charge on any atom is 0.407 e. The third-order valence-corrected chi connectivity index (χ3v) is 12.1. The Labute approximate surface area is 451 Å². The zero-order chi connectivity index (χ0) is 55.6. The highest BCUT2D eigenvalue weighted by atomic mass is 16.6. The Balaban J connectivity index is 1.80. The molecule has 3 aromatic rings. The second kappa shape index (κ2) is 36.5. The fourth-order valence-electron chi connectivity index (χ4n) is 7.89. The number of pyridine rings is 1. The van der Waals surface area contributed by atoms with Gasteiger partial charge in [0.05, 0.1) is 110 Å². The highest BCUT2D eigenvalue weighted by Crippen LogP contribution is 2.31. The lowest BCUT2D eigenvalue weighted by Gasteiger charge is -2.36. The number of hydrogen-bond donors (Lipinski definition) is 3. The number of hydrogen-bond acceptors (Lipinski definition) is 16. The second-order valence-electron chi connectivity index (χ2n) is 20.4. The zero-order valence-corrected chi connectivity index (χ0v) is 46.6. The molecule has 424 valence electrons. The fraction of sp³-hybridized carbons (Fsp3) is 0.614. The van der Waals surface area contributed by atoms with Crippen LogP contribution in [0, 0.1) is 22.7 Å². The molecule has 3 rings (SSSR count). The summed E-state index contributed by atoms with van der Waals surface area (Å²) in [5.41, 5.74) is 5.03. The standard InChI is InChI=1S/C57H87N5O14/c1-10-11-24-59-54(66)76-50(42-62(61-53(65)47(56(2,3)4)40-51(64)69-9)41-44-20-22-45(23-21-44)48-19-15-16-25-58-48)46(38-43-17-13-12-14-18-43)39-49(63)52(57(5,6)7)60-55(67)75-37-36-74-35-34-73-33-32-72-31-30-71-29-28-70-27-26-68-8/h12-23,25,46-47,50,52H,10-11,24,26-42H2,1-9H3,(H,59,66)(H,60,67)(H,61,65)/t46?,47-,50+,52-/m1/s1. The van der Waals surface area contributed by atoms with Crippen LogP contribution in [0.4, 0.5) is 9.59 Å². The lowest BCUT2D eigenvalue weighted by molar-refractivity contribution is -0.148. The molecule has 0 aliphatic carbocycles. The molecule has 0 bridgehead atoms. The zero-order valence-electron chi connectivity index (χ0n) is 46.6. The highest BCUT2D eigenvalue weighted by molar-refractivity contribution is 5.88. The molecule has 0 saturated carbocycles. The number of hydrazine groups is 1. The molecule has 76 heavy (non-hydrogen) atoms. The number of benzene rings is 2. The van der Waals surface area contributed by atoms with Gasteiger partial charge in [-0.1, -0.05) is 116 Å². The van der Waals surface area contributed by atoms with Gasteiger partial charge in [-0.3, -0.25) is 24.8 Å². The van der Waals surface area contributed by atoms with E-state index in [1.54, 1.807) is 18.3 Å². The Morgan fingerprint density at radius 1 is 0.645 bits per heavy atom. The van der Waals surface area contributed by atoms with Gasteiger partial charge in [0.15, 0.2) is 5.78 Å². The molecule has 0 radical (unpaired) electrons. The topological polar surface area (TPSA) is 221 Å². The molecule has 0 fully saturated rings. The molecule has 0 spiro atoms. The van der Waals surface area contributed by atoms with Crippen LogP contribution in [0.25, 0.3) is 11.3 Å². The van der Waals surface area contributed by atoms with Crippen molar-refractivity contribution in [2.45, 2.75) is 99.3 Å². The molecule has 0 aliphatic rings. The minimum Gasteiger partial charge on any atom is -0.469 e. The summed E-state index contributed by atoms with van der Waals surface area (Å²) in [6, 6.07) is 21.9. The number of rotatable bonds is 38. The van der Waals surface area contributed by atoms with Gasteiger partial charge in [0.1, 0.15) is 12.7 Å². The van der Waals surface area contributed by atoms with E-state index in [-0.39, 0.29) is 51.5 Å². The number of carbonyl (C=O) groups is 5. The molecule has 0 saturated heterocycles. The summed E-state index contributed by atoms with van der Waals surface area (Å²) in [6.45, 7) is 18.0. The van der Waals surface area contributed by atoms with Crippen LogP contribution in [0.5, 0.6) is 0 Å². The van der Waals surface area contributed by atoms with Gasteiger partial charge in [0, 0.05) is 44.3 Å². The lowest BCUT2D eigenvalue weighted by atomic mass is 9.78. The van der Waals surface area contributed by atoms with Crippen LogP contribution >= 0.6 is 0 Å². The number of nitrogens with one attached hydrogen (secondary N) is 3. The number of ether oxygens (including phenoxy) is 9. The van der Waals surface area contributed by atoms with Crippen molar-refractivity contribution in [3.05, 3.63) is 90.1 Å². The molecule has 3 N–H and O–H groups in total. The number of aromatic nitrogens is 1. The highest BCUT2D eigenvalue weighted by Gasteiger charge is 2.39. The Kier molecular flexibility index (Phi) is 31.1. The van der Waals surface area contributed by atoms with Crippen LogP contribution in [-0.4, -0.2) is 159 Å². The molecule has 1 unspecified atom stereocenters. The molecular weight excluding hydrogens is 979 g/mol. The molecule has 1 aromatic heterocycles. The van der Waals surface area contributed by atoms with Crippen molar-refractivity contribution in [2.75, 3.05) is 107 Å². The number of ketones is 1. The first-order valence-corrected chi connectivity index (χ1v) is 26.4. The molecule has 0 aliphatic heterocycles. The molecule has 4 atom stereocenters. The maximum atomic E-state index is 14.8. The van der Waals surface area contributed by atoms with Gasteiger partial charge in [-0.2, -0.15) is 0 Å². The van der Waals surface area contributed by atoms with Crippen molar-refractivity contribution >= 4 is 29.8 Å². The SMILES string of the molecule is CCCCNC(=O)O[C@@H](CN(Cc1ccc(-c2ccccn2)cc1)NC(=O)[C@@H](CC(=O)OC)C(C)(C)C)C(CC(=O)[C@@H](NC(=O)OCCOCCOCCOCCOCCOCCOC)C(C)(C)C)Cc1ccccc1. The van der Waals surface area contributed by atoms with Crippen LogP contribution < -0.4 is 16.1 Å². The Morgan fingerprint density at radius 2 is 1.22 bits per heavy atom. The average molecular weight is 1070 g/mol. The Hall–Kier alpha value is -5.54. The Morgan fingerprint density at radius 3 is 1.75 bits per heavy atom. The minimum absolute atomic E-state index is 0.0637. The first-order valence-electron chi connectivity index (χ1n) is 26.4. The van der Waals surface area contributed by atoms with Gasteiger partial charge in [0.25, 0.3) is 0 Å². The summed E-state index contributed by atoms with van der Waals surface area (Å²) in [7, 11) is 2.91. The molecule has 3 amide bonds. The van der Waals surface area contributed by atoms with Crippen LogP contribution in [0.3, 0.4) is 0 Å². The van der Waals surface area contributed by atoms with E-state index in [1.165, 1.54) is 7.11 Å². The largest absolute Gasteiger partial charge is 0.469 e. The van der Waals surface area contributed by atoms with E-state index in [1.807, 2.05) is 121 Å². The van der Waals surface area contributed by atoms with E-state index < -0.39 is 58.9 Å². The van der Waals surface area contributed by atoms with Crippen LogP contribution in [-0.2, 0) is 70.0 Å². The average Bonchev–Trinajstić information content (AvgIpc) is 3.38. The van der Waals surface area contributed by atoms with E-state index in [2.05, 4.69) is 21.0 Å². The molecule has 1 heterocycles. The molecule has 19 heteroatoms. The van der Waals surface area contributed by atoms with Crippen molar-refractivity contribution in [3.8, 4) is 11.3 Å². The first kappa shape index (κ1) is 64.7. The second-order valence-corrected chi connectivity index (χ2v) is 20.4. The van der Waals surface area contributed by atoms with Crippen molar-refractivity contribution < 1.29 is 66.6 Å². The van der Waals surface area contributed by atoms with Gasteiger partial charge in [-0.25, -0.2) is 14.6 Å². The predicted molar refractivity (Wildman–Crippen MR) is 288 cm³/mol. The quantitative estimate of drug-likeness (QED) is 0.0220. The van der Waals surface area contributed by atoms with Gasteiger partial charge >= 0.3 is 18.2 Å². The number of alkyl carbamates (subject to hydrolysis) is 2. The third-order valence-electron chi connectivity index (χ3n) is 12.1. The lowest BCUT2D eigenvalue weighted by Crippen LogP contribution is -2.53.